The van der Waals surface area contributed by atoms with Crippen molar-refractivity contribution in [2.75, 3.05) is 0 Å². The van der Waals surface area contributed by atoms with Crippen LogP contribution in [0.4, 0.5) is 0 Å². The minimum absolute atomic E-state index is 0.0936. The molecule has 0 heterocycles. The molecule has 0 aliphatic carbocycles. The molecule has 0 spiro atoms. The first-order valence-corrected chi connectivity index (χ1v) is 6.76. The largest absolute Gasteiger partial charge is 0.289 e. The number of ketones is 1. The summed E-state index contributed by atoms with van der Waals surface area (Å²) in [6.07, 6.45) is 1.05. The fourth-order valence-corrected chi connectivity index (χ4v) is 2.14. The van der Waals surface area contributed by atoms with Crippen molar-refractivity contribution >= 4 is 5.78 Å². The second kappa shape index (κ2) is 5.83. The molecule has 0 saturated carbocycles. The highest BCUT2D eigenvalue weighted by molar-refractivity contribution is 6.08. The highest BCUT2D eigenvalue weighted by Crippen LogP contribution is 2.14. The Bertz CT molecular complexity index is 547. The van der Waals surface area contributed by atoms with Gasteiger partial charge >= 0.3 is 0 Å². The van der Waals surface area contributed by atoms with E-state index < -0.39 is 0 Å². The van der Waals surface area contributed by atoms with Gasteiger partial charge in [-0.25, -0.2) is 0 Å². The minimum atomic E-state index is 0.0936. The Morgan fingerprint density at radius 1 is 0.895 bits per heavy atom. The van der Waals surface area contributed by atoms with Crippen LogP contribution < -0.4 is 0 Å². The number of hydrogen-bond donors (Lipinski definition) is 0. The van der Waals surface area contributed by atoms with Crippen LogP contribution >= 0.6 is 0 Å². The third-order valence-electron chi connectivity index (χ3n) is 3.17. The quantitative estimate of drug-likeness (QED) is 0.736. The molecule has 0 saturated heterocycles. The lowest BCUT2D eigenvalue weighted by Crippen LogP contribution is -2.02. The van der Waals surface area contributed by atoms with E-state index in [-0.39, 0.29) is 5.78 Å². The summed E-state index contributed by atoms with van der Waals surface area (Å²) in [6.45, 7) is 6.42. The van der Waals surface area contributed by atoms with E-state index in [2.05, 4.69) is 26.0 Å². The average Bonchev–Trinajstić information content (AvgIpc) is 2.39. The van der Waals surface area contributed by atoms with Gasteiger partial charge in [0.1, 0.15) is 0 Å². The summed E-state index contributed by atoms with van der Waals surface area (Å²) in [6, 6.07) is 15.7. The molecule has 19 heavy (non-hydrogen) atoms. The lowest BCUT2D eigenvalue weighted by atomic mass is 9.98. The van der Waals surface area contributed by atoms with Crippen molar-refractivity contribution in [3.05, 3.63) is 70.8 Å². The van der Waals surface area contributed by atoms with E-state index in [0.29, 0.717) is 5.92 Å². The van der Waals surface area contributed by atoms with Crippen molar-refractivity contribution in [2.24, 2.45) is 5.92 Å². The van der Waals surface area contributed by atoms with E-state index in [1.807, 2.05) is 43.3 Å². The van der Waals surface area contributed by atoms with Crippen LogP contribution in [0, 0.1) is 12.8 Å². The lowest BCUT2D eigenvalue weighted by molar-refractivity contribution is 0.103. The predicted octanol–water partition coefficient (Wildman–Crippen LogP) is 4.42. The molecular formula is C18H20O. The second-order valence-corrected chi connectivity index (χ2v) is 5.49. The third-order valence-corrected chi connectivity index (χ3v) is 3.17. The Morgan fingerprint density at radius 2 is 1.37 bits per heavy atom. The van der Waals surface area contributed by atoms with Gasteiger partial charge in [0.25, 0.3) is 0 Å². The van der Waals surface area contributed by atoms with E-state index in [9.17, 15) is 4.79 Å². The zero-order valence-electron chi connectivity index (χ0n) is 11.8. The van der Waals surface area contributed by atoms with E-state index >= 15 is 0 Å². The maximum absolute atomic E-state index is 12.3. The highest BCUT2D eigenvalue weighted by Gasteiger charge is 2.08. The lowest BCUT2D eigenvalue weighted by Gasteiger charge is -2.06. The van der Waals surface area contributed by atoms with Crippen LogP contribution in [0.2, 0.25) is 0 Å². The molecule has 98 valence electrons. The third kappa shape index (κ3) is 3.54. The first kappa shape index (κ1) is 13.5. The summed E-state index contributed by atoms with van der Waals surface area (Å²) >= 11 is 0. The van der Waals surface area contributed by atoms with Crippen LogP contribution in [0.15, 0.2) is 48.5 Å². The minimum Gasteiger partial charge on any atom is -0.289 e. The molecule has 0 aromatic heterocycles. The molecule has 2 rings (SSSR count). The molecule has 0 fully saturated rings. The number of aryl methyl sites for hydroxylation is 1. The Kier molecular flexibility index (Phi) is 4.16. The molecule has 0 aliphatic rings. The summed E-state index contributed by atoms with van der Waals surface area (Å²) in [4.78, 5) is 12.3. The zero-order valence-corrected chi connectivity index (χ0v) is 11.8. The van der Waals surface area contributed by atoms with Gasteiger partial charge < -0.3 is 0 Å². The average molecular weight is 252 g/mol. The van der Waals surface area contributed by atoms with Crippen LogP contribution in [0.5, 0.6) is 0 Å². The van der Waals surface area contributed by atoms with Crippen LogP contribution in [-0.2, 0) is 6.42 Å². The monoisotopic (exact) mass is 252 g/mol. The molecule has 2 aromatic rings. The number of carbonyl (C=O) groups excluding carboxylic acids is 1. The molecule has 1 heteroatoms. The highest BCUT2D eigenvalue weighted by atomic mass is 16.1. The van der Waals surface area contributed by atoms with Crippen molar-refractivity contribution in [2.45, 2.75) is 27.2 Å². The molecule has 0 aliphatic heterocycles. The smallest absolute Gasteiger partial charge is 0.193 e. The Labute approximate surface area is 115 Å². The molecule has 0 unspecified atom stereocenters. The Morgan fingerprint density at radius 3 is 1.84 bits per heavy atom. The van der Waals surface area contributed by atoms with Gasteiger partial charge in [0.05, 0.1) is 0 Å². The topological polar surface area (TPSA) is 17.1 Å². The van der Waals surface area contributed by atoms with Crippen molar-refractivity contribution in [1.29, 1.82) is 0 Å². The van der Waals surface area contributed by atoms with E-state index in [0.717, 1.165) is 17.5 Å². The fourth-order valence-electron chi connectivity index (χ4n) is 2.14. The summed E-state index contributed by atoms with van der Waals surface area (Å²) in [7, 11) is 0. The Balaban J connectivity index is 2.17. The van der Waals surface area contributed by atoms with Crippen molar-refractivity contribution in [1.82, 2.24) is 0 Å². The van der Waals surface area contributed by atoms with Gasteiger partial charge in [0.2, 0.25) is 0 Å². The predicted molar refractivity (Wildman–Crippen MR) is 79.6 cm³/mol. The van der Waals surface area contributed by atoms with Gasteiger partial charge in [-0.15, -0.1) is 0 Å². The van der Waals surface area contributed by atoms with Gasteiger partial charge in [0.15, 0.2) is 5.78 Å². The molecular weight excluding hydrogens is 232 g/mol. The molecule has 0 bridgehead atoms. The summed E-state index contributed by atoms with van der Waals surface area (Å²) in [5, 5.41) is 0. The zero-order chi connectivity index (χ0) is 13.8. The fraction of sp³-hybridized carbons (Fsp3) is 0.278. The van der Waals surface area contributed by atoms with Crippen molar-refractivity contribution in [3.8, 4) is 0 Å². The first-order chi connectivity index (χ1) is 9.06. The van der Waals surface area contributed by atoms with Crippen LogP contribution in [0.1, 0.15) is 40.9 Å². The molecule has 0 radical (unpaired) electrons. The number of hydrogen-bond acceptors (Lipinski definition) is 1. The van der Waals surface area contributed by atoms with Gasteiger partial charge in [-0.05, 0) is 24.8 Å². The second-order valence-electron chi connectivity index (χ2n) is 5.49. The van der Waals surface area contributed by atoms with Gasteiger partial charge in [-0.1, -0.05) is 67.9 Å². The van der Waals surface area contributed by atoms with Gasteiger partial charge in [0, 0.05) is 11.1 Å². The SMILES string of the molecule is Cc1ccc(C(=O)c2ccc(CC(C)C)cc2)cc1. The normalized spacial score (nSPS) is 10.7. The van der Waals surface area contributed by atoms with Crippen LogP contribution in [-0.4, -0.2) is 5.78 Å². The first-order valence-electron chi connectivity index (χ1n) is 6.76. The molecule has 0 amide bonds. The number of benzene rings is 2. The van der Waals surface area contributed by atoms with Crippen molar-refractivity contribution < 1.29 is 4.79 Å². The van der Waals surface area contributed by atoms with Gasteiger partial charge in [-0.3, -0.25) is 4.79 Å². The summed E-state index contributed by atoms with van der Waals surface area (Å²) < 4.78 is 0. The van der Waals surface area contributed by atoms with Gasteiger partial charge in [-0.2, -0.15) is 0 Å². The van der Waals surface area contributed by atoms with Crippen molar-refractivity contribution in [3.63, 3.8) is 0 Å². The van der Waals surface area contributed by atoms with E-state index in [1.165, 1.54) is 11.1 Å². The van der Waals surface area contributed by atoms with E-state index in [4.69, 9.17) is 0 Å². The summed E-state index contributed by atoms with van der Waals surface area (Å²) in [5.74, 6) is 0.731. The number of carbonyl (C=O) groups is 1. The maximum atomic E-state index is 12.3. The van der Waals surface area contributed by atoms with Crippen LogP contribution in [0.3, 0.4) is 0 Å². The molecule has 1 nitrogen and oxygen atoms in total. The Hall–Kier alpha value is -1.89. The standard InChI is InChI=1S/C18H20O/c1-13(2)12-15-6-10-17(11-7-15)18(19)16-8-4-14(3)5-9-16/h4-11,13H,12H2,1-3H3. The van der Waals surface area contributed by atoms with E-state index in [1.54, 1.807) is 0 Å². The summed E-state index contributed by atoms with van der Waals surface area (Å²) in [5.41, 5.74) is 3.97. The molecule has 0 N–H and O–H groups in total. The molecule has 0 atom stereocenters. The molecule has 2 aromatic carbocycles. The maximum Gasteiger partial charge on any atom is 0.193 e. The van der Waals surface area contributed by atoms with Crippen LogP contribution in [0.25, 0.3) is 0 Å². The number of rotatable bonds is 4.